The highest BCUT2D eigenvalue weighted by Gasteiger charge is 2.07. The molecule has 0 amide bonds. The summed E-state index contributed by atoms with van der Waals surface area (Å²) in [6, 6.07) is 10.5. The first kappa shape index (κ1) is 22.8. The van der Waals surface area contributed by atoms with Crippen LogP contribution in [-0.2, 0) is 29.1 Å². The Balaban J connectivity index is 1.42. The number of ether oxygens (including phenoxy) is 1. The summed E-state index contributed by atoms with van der Waals surface area (Å²) in [6.45, 7) is 5.68. The Morgan fingerprint density at radius 3 is 2.74 bits per heavy atom. The van der Waals surface area contributed by atoms with Gasteiger partial charge in [0, 0.05) is 34.1 Å². The van der Waals surface area contributed by atoms with Crippen LogP contribution in [0.4, 0.5) is 0 Å². The van der Waals surface area contributed by atoms with Crippen LogP contribution in [0.1, 0.15) is 57.4 Å². The van der Waals surface area contributed by atoms with E-state index in [4.69, 9.17) is 14.4 Å². The predicted octanol–water partition coefficient (Wildman–Crippen LogP) is 4.02. The van der Waals surface area contributed by atoms with Crippen molar-refractivity contribution in [1.82, 2.24) is 9.72 Å². The van der Waals surface area contributed by atoms with Gasteiger partial charge in [0.05, 0.1) is 18.7 Å². The largest absolute Gasteiger partial charge is 0.481 e. The molecule has 6 heteroatoms. The highest BCUT2D eigenvalue weighted by atomic mass is 16.5. The number of hydrogen-bond donors (Lipinski definition) is 1. The Hall–Kier alpha value is -2.86. The van der Waals surface area contributed by atoms with Gasteiger partial charge in [0.25, 0.3) is 0 Å². The Morgan fingerprint density at radius 2 is 1.97 bits per heavy atom. The van der Waals surface area contributed by atoms with E-state index in [1.165, 1.54) is 27.9 Å². The normalized spacial score (nSPS) is 12.8. The van der Waals surface area contributed by atoms with Gasteiger partial charge in [0.1, 0.15) is 6.61 Å². The number of unbranched alkanes of at least 4 members (excludes halogenated alkanes) is 3. The average molecular weight is 425 g/mol. The Kier molecular flexibility index (Phi) is 8.47. The smallest absolute Gasteiger partial charge is 0.305 e. The summed E-state index contributed by atoms with van der Waals surface area (Å²) >= 11 is 0. The van der Waals surface area contributed by atoms with Gasteiger partial charge in [-0.3, -0.25) is 4.79 Å². The molecule has 2 aromatic heterocycles. The molecule has 31 heavy (non-hydrogen) atoms. The number of fused-ring (bicyclic) bond motifs is 1. The van der Waals surface area contributed by atoms with Crippen molar-refractivity contribution in [2.75, 3.05) is 6.61 Å². The van der Waals surface area contributed by atoms with Crippen molar-refractivity contribution < 1.29 is 19.2 Å². The summed E-state index contributed by atoms with van der Waals surface area (Å²) in [5, 5.41) is 16.6. The first-order chi connectivity index (χ1) is 15.1. The monoisotopic (exact) mass is 424 g/mol. The summed E-state index contributed by atoms with van der Waals surface area (Å²) in [4.78, 5) is 10.5. The van der Waals surface area contributed by atoms with E-state index < -0.39 is 5.97 Å². The highest BCUT2D eigenvalue weighted by Crippen LogP contribution is 2.13. The van der Waals surface area contributed by atoms with Crippen LogP contribution in [0.25, 0.3) is 23.1 Å². The van der Waals surface area contributed by atoms with Gasteiger partial charge in [-0.2, -0.15) is 0 Å². The van der Waals surface area contributed by atoms with Crippen molar-refractivity contribution in [2.45, 2.75) is 65.5 Å². The van der Waals surface area contributed by atoms with Gasteiger partial charge in [0.2, 0.25) is 0 Å². The number of carboxylic acid groups (broad SMARTS) is 1. The number of carbonyl (C=O) groups is 1. The molecular formula is C25H32N2O4. The topological polar surface area (TPSA) is 77.5 Å². The summed E-state index contributed by atoms with van der Waals surface area (Å²) in [7, 11) is 0. The van der Waals surface area contributed by atoms with Crippen LogP contribution >= 0.6 is 0 Å². The van der Waals surface area contributed by atoms with Gasteiger partial charge in [0.15, 0.2) is 5.76 Å². The second kappa shape index (κ2) is 11.5. The summed E-state index contributed by atoms with van der Waals surface area (Å²) in [5.41, 5.74) is 2.24. The van der Waals surface area contributed by atoms with Gasteiger partial charge >= 0.3 is 5.97 Å². The average Bonchev–Trinajstić information content (AvgIpc) is 3.35. The molecule has 1 aromatic carbocycles. The third kappa shape index (κ3) is 6.07. The third-order valence-electron chi connectivity index (χ3n) is 5.49. The Morgan fingerprint density at radius 1 is 1.16 bits per heavy atom. The molecular weight excluding hydrogens is 392 g/mol. The van der Waals surface area contributed by atoms with Crippen molar-refractivity contribution in [1.29, 1.82) is 0 Å². The predicted molar refractivity (Wildman–Crippen MR) is 122 cm³/mol. The summed E-state index contributed by atoms with van der Waals surface area (Å²) in [6.07, 6.45) is 9.82. The first-order valence-corrected chi connectivity index (χ1v) is 11.1. The fraction of sp³-hybridized carbons (Fsp3) is 0.440. The minimum absolute atomic E-state index is 0.00437. The molecule has 0 saturated carbocycles. The van der Waals surface area contributed by atoms with E-state index in [1.54, 1.807) is 0 Å². The molecule has 0 spiro atoms. The number of aromatic nitrogens is 2. The molecule has 0 aliphatic heterocycles. The van der Waals surface area contributed by atoms with E-state index in [0.717, 1.165) is 37.9 Å². The maximum absolute atomic E-state index is 10.5. The zero-order valence-corrected chi connectivity index (χ0v) is 18.5. The molecule has 0 bridgehead atoms. The third-order valence-corrected chi connectivity index (χ3v) is 5.49. The fourth-order valence-corrected chi connectivity index (χ4v) is 4.01. The van der Waals surface area contributed by atoms with Crippen LogP contribution < -0.4 is 10.6 Å². The van der Waals surface area contributed by atoms with Crippen molar-refractivity contribution >= 4 is 29.0 Å². The number of carboxylic acids is 1. The summed E-state index contributed by atoms with van der Waals surface area (Å²) < 4.78 is 13.0. The molecule has 0 radical (unpaired) electrons. The number of rotatable bonds is 12. The van der Waals surface area contributed by atoms with Gasteiger partial charge in [-0.15, -0.1) is 0 Å². The van der Waals surface area contributed by atoms with E-state index in [9.17, 15) is 4.79 Å². The molecule has 0 aliphatic carbocycles. The molecule has 2 heterocycles. The molecule has 166 valence electrons. The number of benzene rings is 1. The number of hydrogen-bond acceptors (Lipinski definition) is 4. The van der Waals surface area contributed by atoms with Crippen LogP contribution in [0, 0.1) is 0 Å². The number of nitrogens with zero attached hydrogens (tertiary/aromatic N) is 2. The quantitative estimate of drug-likeness (QED) is 0.444. The van der Waals surface area contributed by atoms with Crippen LogP contribution in [-0.4, -0.2) is 27.4 Å². The zero-order chi connectivity index (χ0) is 22.1. The van der Waals surface area contributed by atoms with Gasteiger partial charge in [-0.25, -0.2) is 0 Å². The lowest BCUT2D eigenvalue weighted by molar-refractivity contribution is -0.138. The zero-order valence-electron chi connectivity index (χ0n) is 18.5. The number of para-hydroxylation sites is 1. The maximum atomic E-state index is 10.5. The lowest BCUT2D eigenvalue weighted by Crippen LogP contribution is -2.28. The van der Waals surface area contributed by atoms with Crippen LogP contribution in [0.5, 0.6) is 0 Å². The standard InChI is InChI=1S/C25H32N2O4/c1-3-21-22-12-8-9-13-24(22)27(23(21)4-2)15-10-6-5-7-11-19-17-20(31-26-19)18-30-16-14-25(28)29/h3-4,8-9,12-13,17H,5-7,10-11,14-16,18H2,1-2H3,(H,28,29)/b21-3-,23-4+. The number of aryl methyl sites for hydroxylation is 2. The van der Waals surface area contributed by atoms with Gasteiger partial charge in [-0.05, 0) is 39.2 Å². The van der Waals surface area contributed by atoms with Crippen LogP contribution in [0.2, 0.25) is 0 Å². The lowest BCUT2D eigenvalue weighted by atomic mass is 10.1. The molecule has 0 aliphatic rings. The van der Waals surface area contributed by atoms with Crippen molar-refractivity contribution in [2.24, 2.45) is 0 Å². The maximum Gasteiger partial charge on any atom is 0.305 e. The van der Waals surface area contributed by atoms with Crippen LogP contribution in [0.3, 0.4) is 0 Å². The SMILES string of the molecule is C/C=c1\c(=C/C)n(CCCCCCc2cc(COCCC(=O)O)on2)c2ccccc12. The minimum atomic E-state index is -0.864. The molecule has 0 unspecified atom stereocenters. The first-order valence-electron chi connectivity index (χ1n) is 11.1. The Labute approximate surface area is 182 Å². The number of aliphatic carboxylic acids is 1. The fourth-order valence-electron chi connectivity index (χ4n) is 4.01. The molecule has 0 fully saturated rings. The van der Waals surface area contributed by atoms with Gasteiger partial charge in [-0.1, -0.05) is 48.3 Å². The second-order valence-corrected chi connectivity index (χ2v) is 7.69. The molecule has 6 nitrogen and oxygen atoms in total. The molecule has 0 atom stereocenters. The van der Waals surface area contributed by atoms with E-state index >= 15 is 0 Å². The van der Waals surface area contributed by atoms with Gasteiger partial charge < -0.3 is 18.9 Å². The Bertz CT molecular complexity index is 1110. The minimum Gasteiger partial charge on any atom is -0.481 e. The van der Waals surface area contributed by atoms with Crippen molar-refractivity contribution in [3.8, 4) is 0 Å². The molecule has 3 aromatic rings. The molecule has 3 rings (SSSR count). The molecule has 1 N–H and O–H groups in total. The van der Waals surface area contributed by atoms with E-state index in [1.807, 2.05) is 6.07 Å². The van der Waals surface area contributed by atoms with Crippen molar-refractivity contribution in [3.63, 3.8) is 0 Å². The van der Waals surface area contributed by atoms with E-state index in [-0.39, 0.29) is 19.6 Å². The lowest BCUT2D eigenvalue weighted by Gasteiger charge is -2.06. The summed E-state index contributed by atoms with van der Waals surface area (Å²) in [5.74, 6) is -0.219. The van der Waals surface area contributed by atoms with Crippen LogP contribution in [0.15, 0.2) is 34.9 Å². The van der Waals surface area contributed by atoms with E-state index in [2.05, 4.69) is 60.0 Å². The highest BCUT2D eigenvalue weighted by molar-refractivity contribution is 5.81. The molecule has 0 saturated heterocycles. The second-order valence-electron chi connectivity index (χ2n) is 7.69. The van der Waals surface area contributed by atoms with E-state index in [0.29, 0.717) is 5.76 Å². The van der Waals surface area contributed by atoms with Crippen molar-refractivity contribution in [3.05, 3.63) is 52.4 Å².